The van der Waals surface area contributed by atoms with E-state index in [-0.39, 0.29) is 28.3 Å². The fourth-order valence-electron chi connectivity index (χ4n) is 1.66. The number of oxazole rings is 1. The van der Waals surface area contributed by atoms with Crippen molar-refractivity contribution in [2.45, 2.75) is 13.0 Å². The third-order valence-corrected chi connectivity index (χ3v) is 3.08. The molecular formula is C12H12F2IN3O. The second-order valence-electron chi connectivity index (χ2n) is 3.96. The molecule has 0 aliphatic rings. The van der Waals surface area contributed by atoms with Crippen LogP contribution in [0.2, 0.25) is 0 Å². The maximum atomic E-state index is 14.2. The van der Waals surface area contributed by atoms with Gasteiger partial charge in [0.15, 0.2) is 17.8 Å². The maximum absolute atomic E-state index is 14.2. The molecule has 102 valence electrons. The number of anilines is 2. The average molecular weight is 379 g/mol. The van der Waals surface area contributed by atoms with Crippen LogP contribution in [0.25, 0.3) is 11.1 Å². The number of nitrogens with one attached hydrogen (secondary N) is 1. The van der Waals surface area contributed by atoms with Crippen molar-refractivity contribution in [3.8, 4) is 0 Å². The van der Waals surface area contributed by atoms with Crippen molar-refractivity contribution in [2.24, 2.45) is 0 Å². The van der Waals surface area contributed by atoms with Gasteiger partial charge in [-0.05, 0) is 13.0 Å². The number of rotatable bonds is 4. The summed E-state index contributed by atoms with van der Waals surface area (Å²) in [5.74, 6) is -1.01. The molecule has 0 amide bonds. The molecule has 7 heteroatoms. The van der Waals surface area contributed by atoms with Crippen LogP contribution >= 0.6 is 22.6 Å². The Kier molecular flexibility index (Phi) is 4.23. The average Bonchev–Trinajstić information content (AvgIpc) is 2.82. The van der Waals surface area contributed by atoms with Gasteiger partial charge in [0.2, 0.25) is 0 Å². The fraction of sp³-hybridized carbons (Fsp3) is 0.250. The van der Waals surface area contributed by atoms with Crippen molar-refractivity contribution in [1.29, 1.82) is 0 Å². The Morgan fingerprint density at radius 3 is 3.11 bits per heavy atom. The first-order valence-corrected chi connectivity index (χ1v) is 7.06. The van der Waals surface area contributed by atoms with E-state index in [9.17, 15) is 8.78 Å². The molecule has 0 fully saturated rings. The summed E-state index contributed by atoms with van der Waals surface area (Å²) in [4.78, 5) is 3.76. The van der Waals surface area contributed by atoms with Crippen molar-refractivity contribution in [3.63, 3.8) is 0 Å². The standard InChI is InChI=1S/C12H12F2IN3O/c1-6(7(13)2-3-15)18-11-8(16)4-9-12(10(11)14)17-5-19-9/h2,4-6,18H,3,16H2,1H3/b7-2+. The lowest BCUT2D eigenvalue weighted by Gasteiger charge is -2.16. The topological polar surface area (TPSA) is 64.1 Å². The molecule has 1 heterocycles. The smallest absolute Gasteiger partial charge is 0.182 e. The Morgan fingerprint density at radius 1 is 1.68 bits per heavy atom. The minimum Gasteiger partial charge on any atom is -0.443 e. The van der Waals surface area contributed by atoms with Crippen molar-refractivity contribution < 1.29 is 13.2 Å². The van der Waals surface area contributed by atoms with E-state index in [1.54, 1.807) is 6.92 Å². The minimum absolute atomic E-state index is 0.0332. The number of nitrogen functional groups attached to an aromatic ring is 1. The first kappa shape index (κ1) is 14.0. The van der Waals surface area contributed by atoms with Gasteiger partial charge in [-0.1, -0.05) is 22.6 Å². The van der Waals surface area contributed by atoms with Crippen LogP contribution < -0.4 is 11.1 Å². The number of benzene rings is 1. The Balaban J connectivity index is 2.37. The van der Waals surface area contributed by atoms with Crippen LogP contribution in [0, 0.1) is 5.82 Å². The molecule has 1 aromatic heterocycles. The molecular weight excluding hydrogens is 367 g/mol. The Hall–Kier alpha value is -1.38. The van der Waals surface area contributed by atoms with Crippen molar-refractivity contribution in [3.05, 3.63) is 30.2 Å². The lowest BCUT2D eigenvalue weighted by molar-refractivity contribution is 0.571. The van der Waals surface area contributed by atoms with Gasteiger partial charge in [-0.25, -0.2) is 13.8 Å². The molecule has 3 N–H and O–H groups in total. The Bertz CT molecular complexity index is 627. The van der Waals surface area contributed by atoms with Gasteiger partial charge in [-0.2, -0.15) is 0 Å². The molecule has 1 aromatic carbocycles. The normalized spacial score (nSPS) is 13.8. The van der Waals surface area contributed by atoms with Crippen molar-refractivity contribution >= 4 is 45.1 Å². The highest BCUT2D eigenvalue weighted by Crippen LogP contribution is 2.31. The molecule has 1 unspecified atom stereocenters. The summed E-state index contributed by atoms with van der Waals surface area (Å²) in [6, 6.07) is 0.788. The van der Waals surface area contributed by atoms with Gasteiger partial charge in [0.05, 0.1) is 17.4 Å². The second kappa shape index (κ2) is 5.72. The molecule has 19 heavy (non-hydrogen) atoms. The zero-order valence-electron chi connectivity index (χ0n) is 10.1. The van der Waals surface area contributed by atoms with E-state index in [2.05, 4.69) is 10.3 Å². The summed E-state index contributed by atoms with van der Waals surface area (Å²) in [5.41, 5.74) is 6.25. The van der Waals surface area contributed by atoms with E-state index >= 15 is 0 Å². The molecule has 0 saturated carbocycles. The van der Waals surface area contributed by atoms with E-state index in [0.717, 1.165) is 6.39 Å². The lowest BCUT2D eigenvalue weighted by atomic mass is 10.2. The van der Waals surface area contributed by atoms with Crippen LogP contribution in [0.5, 0.6) is 0 Å². The third kappa shape index (κ3) is 2.80. The molecule has 2 rings (SSSR count). The Labute approximate surface area is 122 Å². The van der Waals surface area contributed by atoms with Gasteiger partial charge in [-0.3, -0.25) is 0 Å². The van der Waals surface area contributed by atoms with Crippen LogP contribution in [0.1, 0.15) is 6.92 Å². The van der Waals surface area contributed by atoms with Gasteiger partial charge in [0, 0.05) is 10.5 Å². The lowest BCUT2D eigenvalue weighted by Crippen LogP contribution is -2.18. The molecule has 4 nitrogen and oxygen atoms in total. The zero-order chi connectivity index (χ0) is 14.0. The molecule has 0 aliphatic carbocycles. The number of hydrogen-bond acceptors (Lipinski definition) is 4. The molecule has 1 atom stereocenters. The highest BCUT2D eigenvalue weighted by molar-refractivity contribution is 14.1. The first-order valence-electron chi connectivity index (χ1n) is 5.53. The quantitative estimate of drug-likeness (QED) is 0.484. The monoisotopic (exact) mass is 379 g/mol. The van der Waals surface area contributed by atoms with E-state index in [1.807, 2.05) is 22.6 Å². The number of hydrogen-bond donors (Lipinski definition) is 2. The third-order valence-electron chi connectivity index (χ3n) is 2.64. The number of fused-ring (bicyclic) bond motifs is 1. The number of nitrogens with two attached hydrogens (primary N) is 1. The molecule has 0 aliphatic heterocycles. The van der Waals surface area contributed by atoms with E-state index in [1.165, 1.54) is 12.1 Å². The van der Waals surface area contributed by atoms with Crippen LogP contribution in [0.15, 0.2) is 28.8 Å². The number of aromatic nitrogens is 1. The highest BCUT2D eigenvalue weighted by atomic mass is 127. The maximum Gasteiger partial charge on any atom is 0.182 e. The van der Waals surface area contributed by atoms with Crippen molar-refractivity contribution in [2.75, 3.05) is 15.5 Å². The summed E-state index contributed by atoms with van der Waals surface area (Å²) in [5, 5.41) is 2.72. The van der Waals surface area contributed by atoms with E-state index in [4.69, 9.17) is 10.2 Å². The summed E-state index contributed by atoms with van der Waals surface area (Å²) in [7, 11) is 0. The van der Waals surface area contributed by atoms with Gasteiger partial charge < -0.3 is 15.5 Å². The van der Waals surface area contributed by atoms with E-state index in [0.29, 0.717) is 4.43 Å². The van der Waals surface area contributed by atoms with Crippen LogP contribution in [0.3, 0.4) is 0 Å². The summed E-state index contributed by atoms with van der Waals surface area (Å²) >= 11 is 2.03. The first-order chi connectivity index (χ1) is 9.04. The second-order valence-corrected chi connectivity index (χ2v) is 4.84. The number of halogens is 3. The van der Waals surface area contributed by atoms with Crippen LogP contribution in [-0.4, -0.2) is 15.5 Å². The summed E-state index contributed by atoms with van der Waals surface area (Å²) < 4.78 is 33.3. The van der Waals surface area contributed by atoms with Crippen LogP contribution in [0.4, 0.5) is 20.2 Å². The number of alkyl halides is 1. The van der Waals surface area contributed by atoms with Gasteiger partial charge in [0.1, 0.15) is 11.3 Å². The fourth-order valence-corrected chi connectivity index (χ4v) is 2.08. The minimum atomic E-state index is -0.670. The summed E-state index contributed by atoms with van der Waals surface area (Å²) in [6.45, 7) is 1.59. The van der Waals surface area contributed by atoms with Gasteiger partial charge >= 0.3 is 0 Å². The zero-order valence-corrected chi connectivity index (χ0v) is 12.2. The van der Waals surface area contributed by atoms with E-state index < -0.39 is 11.9 Å². The molecule has 0 radical (unpaired) electrons. The van der Waals surface area contributed by atoms with Crippen molar-refractivity contribution in [1.82, 2.24) is 4.98 Å². The SMILES string of the molecule is CC(Nc1c(N)cc2ocnc2c1F)/C(F)=C\CI. The van der Waals surface area contributed by atoms with Gasteiger partial charge in [0.25, 0.3) is 0 Å². The predicted octanol–water partition coefficient (Wildman–Crippen LogP) is 3.64. The summed E-state index contributed by atoms with van der Waals surface area (Å²) in [6.07, 6.45) is 2.55. The largest absolute Gasteiger partial charge is 0.443 e. The number of nitrogens with zero attached hydrogens (tertiary/aromatic N) is 1. The molecule has 0 saturated heterocycles. The predicted molar refractivity (Wildman–Crippen MR) is 79.5 cm³/mol. The highest BCUT2D eigenvalue weighted by Gasteiger charge is 2.18. The molecule has 2 aromatic rings. The van der Waals surface area contributed by atoms with Crippen LogP contribution in [-0.2, 0) is 0 Å². The Morgan fingerprint density at radius 2 is 2.42 bits per heavy atom. The molecule has 0 spiro atoms. The van der Waals surface area contributed by atoms with Gasteiger partial charge in [-0.15, -0.1) is 0 Å². The number of allylic oxidation sites excluding steroid dienone is 1. The molecule has 0 bridgehead atoms.